The lowest BCUT2D eigenvalue weighted by Crippen LogP contribution is -1.98. The first-order valence-corrected chi connectivity index (χ1v) is 7.11. The van der Waals surface area contributed by atoms with Crippen LogP contribution in [0.3, 0.4) is 0 Å². The highest BCUT2D eigenvalue weighted by Crippen LogP contribution is 2.27. The van der Waals surface area contributed by atoms with Gasteiger partial charge in [-0.15, -0.1) is 11.3 Å². The highest BCUT2D eigenvalue weighted by atomic mass is 32.1. The van der Waals surface area contributed by atoms with Gasteiger partial charge in [-0.05, 0) is 19.1 Å². The lowest BCUT2D eigenvalue weighted by atomic mass is 10.3. The van der Waals surface area contributed by atoms with Gasteiger partial charge in [-0.3, -0.25) is 0 Å². The maximum Gasteiger partial charge on any atom is 0.184 e. The number of hydrogen-bond acceptors (Lipinski definition) is 5. The largest absolute Gasteiger partial charge is 0.357 e. The van der Waals surface area contributed by atoms with Crippen molar-refractivity contribution in [2.75, 3.05) is 5.32 Å². The van der Waals surface area contributed by atoms with E-state index in [0.29, 0.717) is 12.1 Å². The first-order valence-electron chi connectivity index (χ1n) is 5.41. The van der Waals surface area contributed by atoms with E-state index in [1.54, 1.807) is 17.4 Å². The van der Waals surface area contributed by atoms with Gasteiger partial charge < -0.3 is 5.32 Å². The van der Waals surface area contributed by atoms with E-state index in [1.807, 2.05) is 12.4 Å². The summed E-state index contributed by atoms with van der Waals surface area (Å²) in [6.07, 6.45) is 0. The van der Waals surface area contributed by atoms with E-state index in [0.717, 1.165) is 15.5 Å². The number of anilines is 1. The molecule has 0 amide bonds. The SMILES string of the molecule is Cc1ncsc1CNc1nc2cc(F)ccc2s1. The fourth-order valence-corrected chi connectivity index (χ4v) is 3.19. The van der Waals surface area contributed by atoms with E-state index >= 15 is 0 Å². The van der Waals surface area contributed by atoms with Gasteiger partial charge in [0.05, 0.1) is 28.0 Å². The fraction of sp³-hybridized carbons (Fsp3) is 0.167. The lowest BCUT2D eigenvalue weighted by Gasteiger charge is -1.99. The number of hydrogen-bond donors (Lipinski definition) is 1. The minimum absolute atomic E-state index is 0.252. The van der Waals surface area contributed by atoms with Crippen molar-refractivity contribution < 1.29 is 4.39 Å². The molecule has 3 nitrogen and oxygen atoms in total. The number of nitrogens with one attached hydrogen (secondary N) is 1. The van der Waals surface area contributed by atoms with E-state index in [2.05, 4.69) is 15.3 Å². The molecule has 2 aromatic heterocycles. The average molecular weight is 279 g/mol. The number of rotatable bonds is 3. The van der Waals surface area contributed by atoms with E-state index < -0.39 is 0 Å². The van der Waals surface area contributed by atoms with E-state index in [4.69, 9.17) is 0 Å². The molecule has 0 spiro atoms. The molecular weight excluding hydrogens is 269 g/mol. The van der Waals surface area contributed by atoms with Gasteiger partial charge in [-0.1, -0.05) is 11.3 Å². The topological polar surface area (TPSA) is 37.8 Å². The average Bonchev–Trinajstić information content (AvgIpc) is 2.92. The fourth-order valence-electron chi connectivity index (χ4n) is 1.63. The Labute approximate surface area is 111 Å². The van der Waals surface area contributed by atoms with Crippen LogP contribution in [-0.2, 0) is 6.54 Å². The lowest BCUT2D eigenvalue weighted by molar-refractivity contribution is 0.629. The van der Waals surface area contributed by atoms with E-state index in [1.165, 1.54) is 28.3 Å². The normalized spacial score (nSPS) is 11.0. The summed E-state index contributed by atoms with van der Waals surface area (Å²) in [7, 11) is 0. The zero-order valence-corrected chi connectivity index (χ0v) is 11.2. The molecule has 0 aliphatic rings. The molecule has 0 fully saturated rings. The minimum atomic E-state index is -0.252. The Bertz CT molecular complexity index is 690. The highest BCUT2D eigenvalue weighted by molar-refractivity contribution is 7.22. The maximum atomic E-state index is 13.0. The predicted molar refractivity (Wildman–Crippen MR) is 73.8 cm³/mol. The molecule has 1 aromatic carbocycles. The second kappa shape index (κ2) is 4.62. The zero-order valence-electron chi connectivity index (χ0n) is 9.61. The van der Waals surface area contributed by atoms with Gasteiger partial charge in [0.25, 0.3) is 0 Å². The number of nitrogens with zero attached hydrogens (tertiary/aromatic N) is 2. The molecule has 0 radical (unpaired) electrons. The predicted octanol–water partition coefficient (Wildman–Crippen LogP) is 3.81. The summed E-state index contributed by atoms with van der Waals surface area (Å²) in [5.41, 5.74) is 3.57. The first-order chi connectivity index (χ1) is 8.72. The summed E-state index contributed by atoms with van der Waals surface area (Å²) in [6, 6.07) is 4.66. The molecular formula is C12H10FN3S2. The van der Waals surface area contributed by atoms with Crippen LogP contribution in [0.15, 0.2) is 23.7 Å². The van der Waals surface area contributed by atoms with Crippen LogP contribution < -0.4 is 5.32 Å². The molecule has 92 valence electrons. The third-order valence-electron chi connectivity index (χ3n) is 2.59. The monoisotopic (exact) mass is 279 g/mol. The van der Waals surface area contributed by atoms with Crippen molar-refractivity contribution in [1.29, 1.82) is 0 Å². The Kier molecular flexibility index (Phi) is 2.97. The van der Waals surface area contributed by atoms with Gasteiger partial charge >= 0.3 is 0 Å². The summed E-state index contributed by atoms with van der Waals surface area (Å²) in [5.74, 6) is -0.252. The van der Waals surface area contributed by atoms with Crippen LogP contribution in [0.5, 0.6) is 0 Å². The first kappa shape index (κ1) is 11.6. The number of thiazole rings is 2. The van der Waals surface area contributed by atoms with Crippen LogP contribution in [0.25, 0.3) is 10.2 Å². The smallest absolute Gasteiger partial charge is 0.184 e. The Hall–Kier alpha value is -1.53. The summed E-state index contributed by atoms with van der Waals surface area (Å²) >= 11 is 3.15. The molecule has 0 unspecified atom stereocenters. The van der Waals surface area contributed by atoms with E-state index in [9.17, 15) is 4.39 Å². The molecule has 0 aliphatic heterocycles. The van der Waals surface area contributed by atoms with Crippen molar-refractivity contribution in [3.8, 4) is 0 Å². The molecule has 0 atom stereocenters. The number of fused-ring (bicyclic) bond motifs is 1. The number of benzene rings is 1. The van der Waals surface area contributed by atoms with Gasteiger partial charge in [-0.25, -0.2) is 14.4 Å². The van der Waals surface area contributed by atoms with Crippen molar-refractivity contribution >= 4 is 38.0 Å². The number of aryl methyl sites for hydroxylation is 1. The van der Waals surface area contributed by atoms with E-state index in [-0.39, 0.29) is 5.82 Å². The molecule has 3 aromatic rings. The van der Waals surface area contributed by atoms with Crippen LogP contribution in [0.2, 0.25) is 0 Å². The van der Waals surface area contributed by atoms with Gasteiger partial charge in [0, 0.05) is 10.9 Å². The number of aromatic nitrogens is 2. The molecule has 2 heterocycles. The Morgan fingerprint density at radius 3 is 3.06 bits per heavy atom. The number of halogens is 1. The second-order valence-corrected chi connectivity index (χ2v) is 5.82. The standard InChI is InChI=1S/C12H10FN3S2/c1-7-11(17-6-15-7)5-14-12-16-9-4-8(13)2-3-10(9)18-12/h2-4,6H,5H2,1H3,(H,14,16). The maximum absolute atomic E-state index is 13.0. The molecule has 18 heavy (non-hydrogen) atoms. The molecule has 1 N–H and O–H groups in total. The Balaban J connectivity index is 1.81. The molecule has 6 heteroatoms. The Morgan fingerprint density at radius 2 is 2.28 bits per heavy atom. The van der Waals surface area contributed by atoms with Crippen molar-refractivity contribution in [3.05, 3.63) is 40.1 Å². The van der Waals surface area contributed by atoms with Gasteiger partial charge in [0.1, 0.15) is 5.82 Å². The minimum Gasteiger partial charge on any atom is -0.357 e. The third kappa shape index (κ3) is 2.21. The van der Waals surface area contributed by atoms with Crippen LogP contribution in [0, 0.1) is 12.7 Å². The van der Waals surface area contributed by atoms with Crippen LogP contribution in [0.4, 0.5) is 9.52 Å². The van der Waals surface area contributed by atoms with Gasteiger partial charge in [0.15, 0.2) is 5.13 Å². The molecule has 3 rings (SSSR count). The summed E-state index contributed by atoms with van der Waals surface area (Å²) in [5, 5.41) is 4.06. The van der Waals surface area contributed by atoms with Crippen LogP contribution in [-0.4, -0.2) is 9.97 Å². The second-order valence-electron chi connectivity index (χ2n) is 3.85. The van der Waals surface area contributed by atoms with Gasteiger partial charge in [0.2, 0.25) is 0 Å². The molecule has 0 saturated heterocycles. The highest BCUT2D eigenvalue weighted by Gasteiger charge is 2.06. The summed E-state index contributed by atoms with van der Waals surface area (Å²) in [4.78, 5) is 9.74. The third-order valence-corrected chi connectivity index (χ3v) is 4.52. The summed E-state index contributed by atoms with van der Waals surface area (Å²) < 4.78 is 14.0. The zero-order chi connectivity index (χ0) is 12.5. The quantitative estimate of drug-likeness (QED) is 0.792. The van der Waals surface area contributed by atoms with Gasteiger partial charge in [-0.2, -0.15) is 0 Å². The Morgan fingerprint density at radius 1 is 1.39 bits per heavy atom. The summed E-state index contributed by atoms with van der Waals surface area (Å²) in [6.45, 7) is 2.69. The van der Waals surface area contributed by atoms with Crippen LogP contribution in [0.1, 0.15) is 10.6 Å². The molecule has 0 aliphatic carbocycles. The molecule has 0 bridgehead atoms. The molecule has 0 saturated carbocycles. The van der Waals surface area contributed by atoms with Crippen molar-refractivity contribution in [2.24, 2.45) is 0 Å². The van der Waals surface area contributed by atoms with Crippen molar-refractivity contribution in [1.82, 2.24) is 9.97 Å². The van der Waals surface area contributed by atoms with Crippen molar-refractivity contribution in [3.63, 3.8) is 0 Å². The van der Waals surface area contributed by atoms with Crippen LogP contribution >= 0.6 is 22.7 Å². The van der Waals surface area contributed by atoms with Crippen molar-refractivity contribution in [2.45, 2.75) is 13.5 Å².